The zero-order chi connectivity index (χ0) is 13.1. The summed E-state index contributed by atoms with van der Waals surface area (Å²) < 4.78 is 4.98. The highest BCUT2D eigenvalue weighted by molar-refractivity contribution is 5.10. The molecule has 0 radical (unpaired) electrons. The molecule has 0 aliphatic carbocycles. The highest BCUT2D eigenvalue weighted by atomic mass is 16.5. The SMILES string of the molecule is C/C=C(/C=C/CC)OC.CC.CC.CC. The molecule has 0 aromatic carbocycles. The van der Waals surface area contributed by atoms with Gasteiger partial charge in [-0.05, 0) is 25.5 Å². The van der Waals surface area contributed by atoms with E-state index in [-0.39, 0.29) is 0 Å². The van der Waals surface area contributed by atoms with Crippen LogP contribution in [0, 0.1) is 0 Å². The maximum absolute atomic E-state index is 4.98. The molecule has 0 bridgehead atoms. The number of hydrogen-bond acceptors (Lipinski definition) is 1. The molecule has 1 nitrogen and oxygen atoms in total. The highest BCUT2D eigenvalue weighted by Crippen LogP contribution is 1.96. The molecule has 1 heteroatoms. The number of methoxy groups -OCH3 is 1. The first-order valence-electron chi connectivity index (χ1n) is 6.22. The quantitative estimate of drug-likeness (QED) is 0.442. The van der Waals surface area contributed by atoms with E-state index in [1.807, 2.05) is 60.6 Å². The van der Waals surface area contributed by atoms with Crippen molar-refractivity contribution in [3.63, 3.8) is 0 Å². The molecule has 0 rings (SSSR count). The van der Waals surface area contributed by atoms with E-state index in [1.165, 1.54) is 0 Å². The third kappa shape index (κ3) is 31.9. The Kier molecular flexibility index (Phi) is 60.0. The molecule has 94 valence electrons. The molecule has 0 saturated carbocycles. The summed E-state index contributed by atoms with van der Waals surface area (Å²) in [4.78, 5) is 0. The second kappa shape index (κ2) is 37.8. The summed E-state index contributed by atoms with van der Waals surface area (Å²) in [6.07, 6.45) is 7.03. The standard InChI is InChI=1S/C8H14O.3C2H6/c1-4-6-7-8(5-2)9-3;3*1-2/h5-7H,4H2,1-3H3;3*1-2H3/b7-6+,8-5-;;;. The van der Waals surface area contributed by atoms with Crippen molar-refractivity contribution in [3.05, 3.63) is 24.0 Å². The first kappa shape index (κ1) is 23.8. The van der Waals surface area contributed by atoms with E-state index in [4.69, 9.17) is 4.74 Å². The predicted molar refractivity (Wildman–Crippen MR) is 74.2 cm³/mol. The molecule has 0 amide bonds. The van der Waals surface area contributed by atoms with Crippen LogP contribution in [0.2, 0.25) is 0 Å². The summed E-state index contributed by atoms with van der Waals surface area (Å²) in [5.74, 6) is 0.928. The average molecular weight is 216 g/mol. The van der Waals surface area contributed by atoms with Gasteiger partial charge in [-0.2, -0.15) is 0 Å². The van der Waals surface area contributed by atoms with Crippen molar-refractivity contribution in [2.24, 2.45) is 0 Å². The van der Waals surface area contributed by atoms with Crippen molar-refractivity contribution in [1.82, 2.24) is 0 Å². The van der Waals surface area contributed by atoms with Gasteiger partial charge in [0.25, 0.3) is 0 Å². The molecule has 15 heavy (non-hydrogen) atoms. The molecule has 0 fully saturated rings. The lowest BCUT2D eigenvalue weighted by Gasteiger charge is -1.95. The van der Waals surface area contributed by atoms with E-state index in [0.717, 1.165) is 12.2 Å². The molecule has 0 atom stereocenters. The van der Waals surface area contributed by atoms with Gasteiger partial charge in [-0.15, -0.1) is 0 Å². The topological polar surface area (TPSA) is 9.23 Å². The Labute approximate surface area is 98.2 Å². The molecule has 0 aliphatic heterocycles. The van der Waals surface area contributed by atoms with E-state index < -0.39 is 0 Å². The van der Waals surface area contributed by atoms with Crippen molar-refractivity contribution in [1.29, 1.82) is 0 Å². The van der Waals surface area contributed by atoms with E-state index in [9.17, 15) is 0 Å². The molecule has 0 saturated heterocycles. The molecule has 0 heterocycles. The first-order chi connectivity index (χ1) is 7.35. The lowest BCUT2D eigenvalue weighted by molar-refractivity contribution is 0.306. The Bertz CT molecular complexity index is 113. The molecular weight excluding hydrogens is 184 g/mol. The van der Waals surface area contributed by atoms with E-state index in [2.05, 4.69) is 13.0 Å². The maximum atomic E-state index is 4.98. The maximum Gasteiger partial charge on any atom is 0.114 e. The van der Waals surface area contributed by atoms with Crippen LogP contribution in [0.25, 0.3) is 0 Å². The van der Waals surface area contributed by atoms with Gasteiger partial charge in [-0.25, -0.2) is 0 Å². The van der Waals surface area contributed by atoms with Crippen LogP contribution < -0.4 is 0 Å². The van der Waals surface area contributed by atoms with Crippen molar-refractivity contribution < 1.29 is 4.74 Å². The summed E-state index contributed by atoms with van der Waals surface area (Å²) in [6.45, 7) is 16.1. The Balaban J connectivity index is -0.0000000860. The van der Waals surface area contributed by atoms with Crippen LogP contribution in [0.5, 0.6) is 0 Å². The molecule has 0 aliphatic rings. The fourth-order valence-corrected chi connectivity index (χ4v) is 0.516. The van der Waals surface area contributed by atoms with Crippen LogP contribution in [0.1, 0.15) is 61.8 Å². The molecular formula is C14H32O. The summed E-state index contributed by atoms with van der Waals surface area (Å²) >= 11 is 0. The van der Waals surface area contributed by atoms with Crippen LogP contribution in [0.3, 0.4) is 0 Å². The van der Waals surface area contributed by atoms with Crippen LogP contribution in [0.15, 0.2) is 24.0 Å². The van der Waals surface area contributed by atoms with Crippen LogP contribution in [-0.2, 0) is 4.74 Å². The van der Waals surface area contributed by atoms with Gasteiger partial charge in [0, 0.05) is 0 Å². The number of hydrogen-bond donors (Lipinski definition) is 0. The Morgan fingerprint density at radius 1 is 1.00 bits per heavy atom. The van der Waals surface area contributed by atoms with Gasteiger partial charge in [0.15, 0.2) is 0 Å². The normalized spacial score (nSPS) is 8.73. The van der Waals surface area contributed by atoms with Gasteiger partial charge in [0.05, 0.1) is 7.11 Å². The molecule has 0 aromatic rings. The second-order valence-corrected chi connectivity index (χ2v) is 1.71. The monoisotopic (exact) mass is 216 g/mol. The molecule has 0 aromatic heterocycles. The van der Waals surface area contributed by atoms with Crippen molar-refractivity contribution in [2.75, 3.05) is 7.11 Å². The Morgan fingerprint density at radius 2 is 1.40 bits per heavy atom. The van der Waals surface area contributed by atoms with Gasteiger partial charge in [-0.3, -0.25) is 0 Å². The third-order valence-corrected chi connectivity index (χ3v) is 1.04. The van der Waals surface area contributed by atoms with E-state index >= 15 is 0 Å². The predicted octanol–water partition coefficient (Wildman–Crippen LogP) is 5.58. The summed E-state index contributed by atoms with van der Waals surface area (Å²) in [5.41, 5.74) is 0. The fourth-order valence-electron chi connectivity index (χ4n) is 0.516. The smallest absolute Gasteiger partial charge is 0.114 e. The minimum Gasteiger partial charge on any atom is -0.497 e. The zero-order valence-corrected chi connectivity index (χ0v) is 12.3. The molecule has 0 N–H and O–H groups in total. The average Bonchev–Trinajstić information content (AvgIpc) is 2.38. The second-order valence-electron chi connectivity index (χ2n) is 1.71. The Hall–Kier alpha value is -0.720. The highest BCUT2D eigenvalue weighted by Gasteiger charge is 1.81. The summed E-state index contributed by atoms with van der Waals surface area (Å²) in [5, 5.41) is 0. The number of ether oxygens (including phenoxy) is 1. The summed E-state index contributed by atoms with van der Waals surface area (Å²) in [6, 6.07) is 0. The number of rotatable bonds is 3. The number of allylic oxidation sites excluding steroid dienone is 3. The van der Waals surface area contributed by atoms with Crippen molar-refractivity contribution in [3.8, 4) is 0 Å². The van der Waals surface area contributed by atoms with Crippen LogP contribution in [0.4, 0.5) is 0 Å². The van der Waals surface area contributed by atoms with Crippen molar-refractivity contribution in [2.45, 2.75) is 61.8 Å². The minimum atomic E-state index is 0.928. The largest absolute Gasteiger partial charge is 0.497 e. The third-order valence-electron chi connectivity index (χ3n) is 1.04. The zero-order valence-electron chi connectivity index (χ0n) is 12.3. The van der Waals surface area contributed by atoms with Crippen LogP contribution in [-0.4, -0.2) is 7.11 Å². The van der Waals surface area contributed by atoms with Crippen molar-refractivity contribution >= 4 is 0 Å². The lowest BCUT2D eigenvalue weighted by atomic mass is 10.3. The fraction of sp³-hybridized carbons (Fsp3) is 0.714. The summed E-state index contributed by atoms with van der Waals surface area (Å²) in [7, 11) is 1.68. The lowest BCUT2D eigenvalue weighted by Crippen LogP contribution is -1.78. The van der Waals surface area contributed by atoms with Gasteiger partial charge in [0.2, 0.25) is 0 Å². The van der Waals surface area contributed by atoms with Crippen LogP contribution >= 0.6 is 0 Å². The van der Waals surface area contributed by atoms with Gasteiger partial charge >= 0.3 is 0 Å². The van der Waals surface area contributed by atoms with Gasteiger partial charge < -0.3 is 4.74 Å². The minimum absolute atomic E-state index is 0.928. The van der Waals surface area contributed by atoms with E-state index in [1.54, 1.807) is 7.11 Å². The molecule has 0 unspecified atom stereocenters. The van der Waals surface area contributed by atoms with Gasteiger partial charge in [0.1, 0.15) is 5.76 Å². The van der Waals surface area contributed by atoms with E-state index in [0.29, 0.717) is 0 Å². The van der Waals surface area contributed by atoms with Gasteiger partial charge in [-0.1, -0.05) is 54.5 Å². The molecule has 0 spiro atoms. The first-order valence-corrected chi connectivity index (χ1v) is 6.22. The Morgan fingerprint density at radius 3 is 1.60 bits per heavy atom.